The lowest BCUT2D eigenvalue weighted by atomic mass is 10.1. The Bertz CT molecular complexity index is 687. The van der Waals surface area contributed by atoms with E-state index in [9.17, 15) is 9.90 Å². The number of ether oxygens (including phenoxy) is 1. The van der Waals surface area contributed by atoms with Gasteiger partial charge < -0.3 is 14.7 Å². The van der Waals surface area contributed by atoms with E-state index in [-0.39, 0.29) is 24.2 Å². The Morgan fingerprint density at radius 1 is 1.26 bits per heavy atom. The zero-order valence-corrected chi connectivity index (χ0v) is 13.4. The first-order valence-electron chi connectivity index (χ1n) is 7.54. The Morgan fingerprint density at radius 2 is 2.04 bits per heavy atom. The monoisotopic (exact) mass is 331 g/mol. The van der Waals surface area contributed by atoms with Gasteiger partial charge in [-0.1, -0.05) is 35.9 Å². The minimum atomic E-state index is -0.130. The molecule has 1 amide bonds. The molecule has 2 aromatic rings. The van der Waals surface area contributed by atoms with Gasteiger partial charge in [0, 0.05) is 11.6 Å². The molecule has 1 N–H and O–H groups in total. The number of phenols is 1. The van der Waals surface area contributed by atoms with Gasteiger partial charge in [-0.05, 0) is 35.4 Å². The molecule has 5 heteroatoms. The predicted octanol–water partition coefficient (Wildman–Crippen LogP) is 3.19. The molecule has 0 saturated carbocycles. The molecule has 1 saturated heterocycles. The highest BCUT2D eigenvalue weighted by atomic mass is 35.5. The first-order valence-corrected chi connectivity index (χ1v) is 7.92. The van der Waals surface area contributed by atoms with Gasteiger partial charge >= 0.3 is 0 Å². The van der Waals surface area contributed by atoms with Gasteiger partial charge in [-0.2, -0.15) is 0 Å². The smallest absolute Gasteiger partial charge is 0.227 e. The topological polar surface area (TPSA) is 49.8 Å². The summed E-state index contributed by atoms with van der Waals surface area (Å²) in [4.78, 5) is 14.3. The maximum Gasteiger partial charge on any atom is 0.227 e. The number of carbonyl (C=O) groups excluding carboxylic acids is 1. The van der Waals surface area contributed by atoms with Gasteiger partial charge in [-0.15, -0.1) is 0 Å². The van der Waals surface area contributed by atoms with Crippen LogP contribution in [0.2, 0.25) is 5.02 Å². The van der Waals surface area contributed by atoms with Crippen LogP contribution in [0.5, 0.6) is 5.75 Å². The second kappa shape index (κ2) is 7.02. The van der Waals surface area contributed by atoms with Gasteiger partial charge in [-0.3, -0.25) is 4.79 Å². The predicted molar refractivity (Wildman–Crippen MR) is 88.5 cm³/mol. The Labute approximate surface area is 140 Å². The van der Waals surface area contributed by atoms with Crippen LogP contribution in [0.1, 0.15) is 17.2 Å². The molecule has 0 aliphatic carbocycles. The Morgan fingerprint density at radius 3 is 2.78 bits per heavy atom. The molecule has 1 aliphatic heterocycles. The SMILES string of the molecule is O=C(Cc1cccc(O)c1)N1CCO[C@@H](c2ccc(Cl)cc2)C1. The summed E-state index contributed by atoms with van der Waals surface area (Å²) >= 11 is 5.91. The number of morpholine rings is 1. The summed E-state index contributed by atoms with van der Waals surface area (Å²) in [7, 11) is 0. The zero-order chi connectivity index (χ0) is 16.2. The van der Waals surface area contributed by atoms with Crippen LogP contribution in [0.4, 0.5) is 0 Å². The Hall–Kier alpha value is -2.04. The first-order chi connectivity index (χ1) is 11.1. The van der Waals surface area contributed by atoms with Gasteiger partial charge in [-0.25, -0.2) is 0 Å². The number of amides is 1. The van der Waals surface area contributed by atoms with Crippen LogP contribution in [-0.2, 0) is 16.0 Å². The number of hydrogen-bond acceptors (Lipinski definition) is 3. The maximum atomic E-state index is 12.5. The van der Waals surface area contributed by atoms with Crippen molar-refractivity contribution >= 4 is 17.5 Å². The molecule has 0 radical (unpaired) electrons. The van der Waals surface area contributed by atoms with Crippen molar-refractivity contribution in [3.63, 3.8) is 0 Å². The molecule has 0 unspecified atom stereocenters. The van der Waals surface area contributed by atoms with Crippen molar-refractivity contribution < 1.29 is 14.6 Å². The van der Waals surface area contributed by atoms with Gasteiger partial charge in [0.25, 0.3) is 0 Å². The molecule has 1 aliphatic rings. The standard InChI is InChI=1S/C18H18ClNO3/c19-15-6-4-14(5-7-15)17-12-20(8-9-23-17)18(22)11-13-2-1-3-16(21)10-13/h1-7,10,17,21H,8-9,11-12H2/t17-/m1/s1. The number of carbonyl (C=O) groups is 1. The number of phenolic OH excluding ortho intramolecular Hbond substituents is 1. The van der Waals surface area contributed by atoms with Crippen molar-refractivity contribution in [3.8, 4) is 5.75 Å². The molecule has 23 heavy (non-hydrogen) atoms. The average Bonchev–Trinajstić information content (AvgIpc) is 2.56. The summed E-state index contributed by atoms with van der Waals surface area (Å²) < 4.78 is 5.78. The lowest BCUT2D eigenvalue weighted by Gasteiger charge is -2.33. The second-order valence-corrected chi connectivity index (χ2v) is 6.03. The normalized spacial score (nSPS) is 18.0. The lowest BCUT2D eigenvalue weighted by molar-refractivity contribution is -0.138. The highest BCUT2D eigenvalue weighted by Crippen LogP contribution is 2.24. The van der Waals surface area contributed by atoms with Crippen LogP contribution in [0.25, 0.3) is 0 Å². The molecule has 0 spiro atoms. The summed E-state index contributed by atoms with van der Waals surface area (Å²) in [6.07, 6.45) is 0.149. The van der Waals surface area contributed by atoms with Crippen molar-refractivity contribution in [2.75, 3.05) is 19.7 Å². The summed E-state index contributed by atoms with van der Waals surface area (Å²) in [5.41, 5.74) is 1.83. The van der Waals surface area contributed by atoms with Crippen molar-refractivity contribution in [1.82, 2.24) is 4.90 Å². The van der Waals surface area contributed by atoms with Gasteiger partial charge in [0.15, 0.2) is 0 Å². The van der Waals surface area contributed by atoms with E-state index in [1.807, 2.05) is 35.2 Å². The van der Waals surface area contributed by atoms with Crippen molar-refractivity contribution in [1.29, 1.82) is 0 Å². The van der Waals surface area contributed by atoms with E-state index in [1.54, 1.807) is 18.2 Å². The zero-order valence-electron chi connectivity index (χ0n) is 12.6. The number of benzene rings is 2. The fourth-order valence-electron chi connectivity index (χ4n) is 2.71. The summed E-state index contributed by atoms with van der Waals surface area (Å²) in [5.74, 6) is 0.217. The molecule has 3 rings (SSSR count). The van der Waals surface area contributed by atoms with Crippen LogP contribution in [-0.4, -0.2) is 35.6 Å². The molecular weight excluding hydrogens is 314 g/mol. The maximum absolute atomic E-state index is 12.5. The van der Waals surface area contributed by atoms with E-state index in [4.69, 9.17) is 16.3 Å². The molecule has 1 fully saturated rings. The number of nitrogens with zero attached hydrogens (tertiary/aromatic N) is 1. The molecule has 2 aromatic carbocycles. The minimum absolute atomic E-state index is 0.0397. The number of hydrogen-bond donors (Lipinski definition) is 1. The molecular formula is C18H18ClNO3. The van der Waals surface area contributed by atoms with Crippen molar-refractivity contribution in [2.24, 2.45) is 0 Å². The highest BCUT2D eigenvalue weighted by molar-refractivity contribution is 6.30. The summed E-state index contributed by atoms with van der Waals surface area (Å²) in [6, 6.07) is 14.3. The van der Waals surface area contributed by atoms with Crippen LogP contribution < -0.4 is 0 Å². The number of aromatic hydroxyl groups is 1. The molecule has 120 valence electrons. The van der Waals surface area contributed by atoms with E-state index in [0.717, 1.165) is 11.1 Å². The second-order valence-electron chi connectivity index (χ2n) is 5.60. The first kappa shape index (κ1) is 15.8. The molecule has 4 nitrogen and oxygen atoms in total. The van der Waals surface area contributed by atoms with Crippen LogP contribution in [0.3, 0.4) is 0 Å². The summed E-state index contributed by atoms with van der Waals surface area (Å²) in [5, 5.41) is 10.2. The fraction of sp³-hybridized carbons (Fsp3) is 0.278. The van der Waals surface area contributed by atoms with E-state index < -0.39 is 0 Å². The van der Waals surface area contributed by atoms with Crippen LogP contribution in [0, 0.1) is 0 Å². The minimum Gasteiger partial charge on any atom is -0.508 e. The van der Waals surface area contributed by atoms with Gasteiger partial charge in [0.2, 0.25) is 5.91 Å². The number of halogens is 1. The molecule has 0 bridgehead atoms. The largest absolute Gasteiger partial charge is 0.508 e. The molecule has 1 atom stereocenters. The third kappa shape index (κ3) is 4.03. The van der Waals surface area contributed by atoms with E-state index in [1.165, 1.54) is 0 Å². The Balaban J connectivity index is 1.65. The quantitative estimate of drug-likeness (QED) is 0.939. The molecule has 0 aromatic heterocycles. The van der Waals surface area contributed by atoms with E-state index in [0.29, 0.717) is 24.7 Å². The van der Waals surface area contributed by atoms with Crippen molar-refractivity contribution in [3.05, 3.63) is 64.7 Å². The van der Waals surface area contributed by atoms with Gasteiger partial charge in [0.1, 0.15) is 11.9 Å². The Kier molecular flexibility index (Phi) is 4.84. The number of rotatable bonds is 3. The third-order valence-electron chi connectivity index (χ3n) is 3.93. The average molecular weight is 332 g/mol. The lowest BCUT2D eigenvalue weighted by Crippen LogP contribution is -2.42. The highest BCUT2D eigenvalue weighted by Gasteiger charge is 2.25. The summed E-state index contributed by atoms with van der Waals surface area (Å²) in [6.45, 7) is 1.63. The van der Waals surface area contributed by atoms with E-state index in [2.05, 4.69) is 0 Å². The van der Waals surface area contributed by atoms with E-state index >= 15 is 0 Å². The van der Waals surface area contributed by atoms with Crippen molar-refractivity contribution in [2.45, 2.75) is 12.5 Å². The third-order valence-corrected chi connectivity index (χ3v) is 4.18. The van der Waals surface area contributed by atoms with Gasteiger partial charge in [0.05, 0.1) is 19.6 Å². The fourth-order valence-corrected chi connectivity index (χ4v) is 2.83. The molecule has 1 heterocycles. The van der Waals surface area contributed by atoms with Crippen LogP contribution in [0.15, 0.2) is 48.5 Å². The van der Waals surface area contributed by atoms with Crippen LogP contribution >= 0.6 is 11.6 Å².